The summed E-state index contributed by atoms with van der Waals surface area (Å²) >= 11 is 0. The molecule has 1 saturated heterocycles. The van der Waals surface area contributed by atoms with Crippen molar-refractivity contribution in [2.75, 3.05) is 36.5 Å². The Hall–Kier alpha value is -1.89. The minimum atomic E-state index is -1.12. The lowest BCUT2D eigenvalue weighted by Gasteiger charge is -2.26. The molecule has 86 valence electrons. The molecule has 0 spiro atoms. The second-order valence-electron chi connectivity index (χ2n) is 3.30. The number of morpholine rings is 1. The first-order chi connectivity index (χ1) is 7.75. The predicted molar refractivity (Wildman–Crippen MR) is 56.7 cm³/mol. The number of nitrogens with zero attached hydrogens (tertiary/aromatic N) is 3. The van der Waals surface area contributed by atoms with Gasteiger partial charge in [-0.15, -0.1) is 0 Å². The third-order valence-electron chi connectivity index (χ3n) is 2.18. The zero-order chi connectivity index (χ0) is 11.4. The van der Waals surface area contributed by atoms with Gasteiger partial charge in [-0.2, -0.15) is 0 Å². The van der Waals surface area contributed by atoms with Crippen LogP contribution in [-0.4, -0.2) is 47.5 Å². The summed E-state index contributed by atoms with van der Waals surface area (Å²) in [6.45, 7) is 2.84. The number of anilines is 2. The maximum Gasteiger partial charge on any atom is 0.409 e. The lowest BCUT2D eigenvalue weighted by molar-refractivity contribution is 0.122. The molecular weight excluding hydrogens is 212 g/mol. The molecule has 2 heterocycles. The van der Waals surface area contributed by atoms with Crippen LogP contribution in [0, 0.1) is 0 Å². The predicted octanol–water partition coefficient (Wildman–Crippen LogP) is 0.403. The Morgan fingerprint density at radius 1 is 1.38 bits per heavy atom. The lowest BCUT2D eigenvalue weighted by Crippen LogP contribution is -2.37. The number of rotatable bonds is 2. The van der Waals surface area contributed by atoms with Crippen molar-refractivity contribution in [2.24, 2.45) is 0 Å². The first-order valence-corrected chi connectivity index (χ1v) is 4.90. The molecule has 0 aliphatic carbocycles. The normalized spacial score (nSPS) is 15.9. The van der Waals surface area contributed by atoms with Crippen LogP contribution in [0.25, 0.3) is 0 Å². The summed E-state index contributed by atoms with van der Waals surface area (Å²) in [4.78, 5) is 20.5. The molecule has 0 radical (unpaired) electrons. The van der Waals surface area contributed by atoms with Gasteiger partial charge in [0.05, 0.1) is 31.3 Å². The number of carbonyl (C=O) groups is 1. The van der Waals surface area contributed by atoms with Crippen LogP contribution in [0.4, 0.5) is 16.4 Å². The van der Waals surface area contributed by atoms with E-state index >= 15 is 0 Å². The molecule has 1 aliphatic rings. The lowest BCUT2D eigenvalue weighted by atomic mass is 10.4. The third kappa shape index (κ3) is 2.57. The number of aromatic nitrogens is 2. The van der Waals surface area contributed by atoms with E-state index < -0.39 is 6.09 Å². The molecule has 2 rings (SSSR count). The zero-order valence-corrected chi connectivity index (χ0v) is 8.59. The highest BCUT2D eigenvalue weighted by molar-refractivity contribution is 5.82. The largest absolute Gasteiger partial charge is 0.465 e. The zero-order valence-electron chi connectivity index (χ0n) is 8.59. The molecule has 1 fully saturated rings. The van der Waals surface area contributed by atoms with E-state index in [4.69, 9.17) is 9.84 Å². The van der Waals surface area contributed by atoms with Crippen LogP contribution < -0.4 is 10.2 Å². The molecule has 7 heteroatoms. The Labute approximate surface area is 92.1 Å². The molecule has 1 aromatic rings. The fraction of sp³-hybridized carbons (Fsp3) is 0.444. The topological polar surface area (TPSA) is 87.6 Å². The molecule has 1 aliphatic heterocycles. The van der Waals surface area contributed by atoms with Crippen molar-refractivity contribution in [3.8, 4) is 0 Å². The maximum atomic E-state index is 10.4. The quantitative estimate of drug-likeness (QED) is 0.756. The van der Waals surface area contributed by atoms with Crippen LogP contribution in [0.2, 0.25) is 0 Å². The summed E-state index contributed by atoms with van der Waals surface area (Å²) < 4.78 is 5.21. The number of carboxylic acid groups (broad SMARTS) is 1. The summed E-state index contributed by atoms with van der Waals surface area (Å²) in [7, 11) is 0. The van der Waals surface area contributed by atoms with Gasteiger partial charge in [-0.3, -0.25) is 5.32 Å². The van der Waals surface area contributed by atoms with Crippen molar-refractivity contribution in [3.63, 3.8) is 0 Å². The molecule has 1 aromatic heterocycles. The average Bonchev–Trinajstić information content (AvgIpc) is 2.30. The van der Waals surface area contributed by atoms with Crippen molar-refractivity contribution in [1.82, 2.24) is 9.97 Å². The van der Waals surface area contributed by atoms with Crippen molar-refractivity contribution in [2.45, 2.75) is 0 Å². The van der Waals surface area contributed by atoms with Gasteiger partial charge < -0.3 is 14.7 Å². The molecule has 0 saturated carbocycles. The van der Waals surface area contributed by atoms with Gasteiger partial charge in [0.25, 0.3) is 0 Å². The van der Waals surface area contributed by atoms with Gasteiger partial charge in [-0.25, -0.2) is 14.8 Å². The highest BCUT2D eigenvalue weighted by atomic mass is 16.5. The smallest absolute Gasteiger partial charge is 0.409 e. The first-order valence-electron chi connectivity index (χ1n) is 4.90. The number of ether oxygens (including phenoxy) is 1. The van der Waals surface area contributed by atoms with E-state index in [1.54, 1.807) is 0 Å². The van der Waals surface area contributed by atoms with Crippen LogP contribution in [0.3, 0.4) is 0 Å². The monoisotopic (exact) mass is 224 g/mol. The Bertz CT molecular complexity index is 362. The minimum absolute atomic E-state index is 0.365. The van der Waals surface area contributed by atoms with Crippen molar-refractivity contribution in [3.05, 3.63) is 12.4 Å². The third-order valence-corrected chi connectivity index (χ3v) is 2.18. The first kappa shape index (κ1) is 10.6. The van der Waals surface area contributed by atoms with Crippen LogP contribution in [0.5, 0.6) is 0 Å². The molecule has 7 nitrogen and oxygen atoms in total. The molecule has 0 bridgehead atoms. The fourth-order valence-electron chi connectivity index (χ4n) is 1.44. The number of nitrogens with one attached hydrogen (secondary N) is 1. The van der Waals surface area contributed by atoms with Gasteiger partial charge in [0, 0.05) is 13.1 Å². The molecule has 0 unspecified atom stereocenters. The molecule has 16 heavy (non-hydrogen) atoms. The van der Waals surface area contributed by atoms with Gasteiger partial charge in [0.2, 0.25) is 5.95 Å². The summed E-state index contributed by atoms with van der Waals surface area (Å²) in [6, 6.07) is 0. The SMILES string of the molecule is O=C(O)Nc1cnc(N2CCOCC2)nc1. The van der Waals surface area contributed by atoms with Gasteiger partial charge in [-0.1, -0.05) is 0 Å². The highest BCUT2D eigenvalue weighted by Gasteiger charge is 2.13. The van der Waals surface area contributed by atoms with Crippen molar-refractivity contribution >= 4 is 17.7 Å². The van der Waals surface area contributed by atoms with E-state index in [1.165, 1.54) is 12.4 Å². The molecular formula is C9H12N4O3. The van der Waals surface area contributed by atoms with E-state index in [0.29, 0.717) is 24.8 Å². The summed E-state index contributed by atoms with van der Waals surface area (Å²) in [5.41, 5.74) is 0.365. The summed E-state index contributed by atoms with van der Waals surface area (Å²) in [5, 5.41) is 10.7. The Balaban J connectivity index is 2.03. The van der Waals surface area contributed by atoms with Gasteiger partial charge in [0.15, 0.2) is 0 Å². The second-order valence-corrected chi connectivity index (χ2v) is 3.30. The average molecular weight is 224 g/mol. The van der Waals surface area contributed by atoms with Crippen LogP contribution in [0.1, 0.15) is 0 Å². The summed E-state index contributed by atoms with van der Waals surface area (Å²) in [5.74, 6) is 0.597. The molecule has 0 aromatic carbocycles. The van der Waals surface area contributed by atoms with E-state index in [-0.39, 0.29) is 0 Å². The maximum absolute atomic E-state index is 10.4. The number of amides is 1. The summed E-state index contributed by atoms with van der Waals surface area (Å²) in [6.07, 6.45) is 1.78. The Morgan fingerprint density at radius 2 is 2.00 bits per heavy atom. The highest BCUT2D eigenvalue weighted by Crippen LogP contribution is 2.11. The van der Waals surface area contributed by atoms with Gasteiger partial charge in [-0.05, 0) is 0 Å². The second kappa shape index (κ2) is 4.75. The Morgan fingerprint density at radius 3 is 2.56 bits per heavy atom. The van der Waals surface area contributed by atoms with Gasteiger partial charge in [0.1, 0.15) is 0 Å². The van der Waals surface area contributed by atoms with Crippen LogP contribution in [0.15, 0.2) is 12.4 Å². The number of hydrogen-bond acceptors (Lipinski definition) is 5. The minimum Gasteiger partial charge on any atom is -0.465 e. The standard InChI is InChI=1S/C9H12N4O3/c14-9(15)12-7-5-10-8(11-6-7)13-1-3-16-4-2-13/h5-6,12H,1-4H2,(H,14,15). The van der Waals surface area contributed by atoms with E-state index in [0.717, 1.165) is 13.1 Å². The van der Waals surface area contributed by atoms with Gasteiger partial charge >= 0.3 is 6.09 Å². The van der Waals surface area contributed by atoms with Crippen molar-refractivity contribution < 1.29 is 14.6 Å². The van der Waals surface area contributed by atoms with Crippen molar-refractivity contribution in [1.29, 1.82) is 0 Å². The van der Waals surface area contributed by atoms with Crippen LogP contribution >= 0.6 is 0 Å². The van der Waals surface area contributed by atoms with Crippen LogP contribution in [-0.2, 0) is 4.74 Å². The van der Waals surface area contributed by atoms with E-state index in [2.05, 4.69) is 15.3 Å². The van der Waals surface area contributed by atoms with E-state index in [1.807, 2.05) is 4.90 Å². The fourth-order valence-corrected chi connectivity index (χ4v) is 1.44. The molecule has 0 atom stereocenters. The van der Waals surface area contributed by atoms with E-state index in [9.17, 15) is 4.79 Å². The molecule has 2 N–H and O–H groups in total. The number of hydrogen-bond donors (Lipinski definition) is 2. The Kier molecular flexibility index (Phi) is 3.16. The molecule has 1 amide bonds.